The van der Waals surface area contributed by atoms with Gasteiger partial charge in [-0.25, -0.2) is 13.4 Å². The molecule has 1 saturated heterocycles. The molecular weight excluding hydrogens is 394 g/mol. The number of anilines is 1. The molecule has 3 rings (SSSR count). The monoisotopic (exact) mass is 419 g/mol. The Hall–Kier alpha value is -2.40. The number of aromatic nitrogens is 2. The molecule has 2 N–H and O–H groups in total. The third kappa shape index (κ3) is 4.96. The van der Waals surface area contributed by atoms with Crippen molar-refractivity contribution in [2.45, 2.75) is 24.3 Å². The van der Waals surface area contributed by atoms with E-state index in [2.05, 4.69) is 20.2 Å². The molecule has 0 unspecified atom stereocenters. The van der Waals surface area contributed by atoms with Crippen molar-refractivity contribution in [3.8, 4) is 0 Å². The first kappa shape index (κ1) is 21.3. The Morgan fingerprint density at radius 3 is 2.62 bits per heavy atom. The van der Waals surface area contributed by atoms with E-state index in [1.165, 1.54) is 35.0 Å². The maximum Gasteiger partial charge on any atom is 0.275 e. The first-order chi connectivity index (χ1) is 14.0. The minimum Gasteiger partial charge on any atom is -0.395 e. The van der Waals surface area contributed by atoms with Crippen LogP contribution >= 0.6 is 0 Å². The van der Waals surface area contributed by atoms with Gasteiger partial charge in [0.15, 0.2) is 0 Å². The third-order valence-electron chi connectivity index (χ3n) is 5.00. The number of nitrogens with zero attached hydrogens (tertiary/aromatic N) is 4. The van der Waals surface area contributed by atoms with Crippen molar-refractivity contribution >= 4 is 21.6 Å². The van der Waals surface area contributed by atoms with Gasteiger partial charge in [0.1, 0.15) is 5.69 Å². The summed E-state index contributed by atoms with van der Waals surface area (Å²) in [7, 11) is -3.68. The highest BCUT2D eigenvalue weighted by atomic mass is 32.2. The van der Waals surface area contributed by atoms with Crippen LogP contribution in [0.5, 0.6) is 0 Å². The van der Waals surface area contributed by atoms with Crippen LogP contribution in [0.3, 0.4) is 0 Å². The number of carbonyl (C=O) groups is 1. The minimum absolute atomic E-state index is 0.0551. The summed E-state index contributed by atoms with van der Waals surface area (Å²) in [4.78, 5) is 22.3. The van der Waals surface area contributed by atoms with E-state index in [-0.39, 0.29) is 23.2 Å². The van der Waals surface area contributed by atoms with Gasteiger partial charge in [-0.2, -0.15) is 4.31 Å². The quantitative estimate of drug-likeness (QED) is 0.682. The summed E-state index contributed by atoms with van der Waals surface area (Å²) >= 11 is 0. The molecule has 1 aliphatic rings. The topological polar surface area (TPSA) is 116 Å². The largest absolute Gasteiger partial charge is 0.395 e. The fourth-order valence-corrected chi connectivity index (χ4v) is 4.78. The van der Waals surface area contributed by atoms with Gasteiger partial charge in [0.05, 0.1) is 17.7 Å². The van der Waals surface area contributed by atoms with Crippen molar-refractivity contribution in [2.24, 2.45) is 0 Å². The van der Waals surface area contributed by atoms with E-state index < -0.39 is 15.9 Å². The first-order valence-electron chi connectivity index (χ1n) is 9.48. The normalized spacial score (nSPS) is 17.0. The Kier molecular flexibility index (Phi) is 6.91. The molecule has 2 aromatic rings. The van der Waals surface area contributed by atoms with Crippen molar-refractivity contribution in [2.75, 3.05) is 38.1 Å². The van der Waals surface area contributed by atoms with Crippen LogP contribution in [0, 0.1) is 0 Å². The molecule has 1 aliphatic heterocycles. The molecule has 1 amide bonds. The van der Waals surface area contributed by atoms with E-state index in [1.54, 1.807) is 12.1 Å². The van der Waals surface area contributed by atoms with Crippen molar-refractivity contribution in [3.05, 3.63) is 48.5 Å². The van der Waals surface area contributed by atoms with Gasteiger partial charge in [0, 0.05) is 50.3 Å². The van der Waals surface area contributed by atoms with Crippen molar-refractivity contribution < 1.29 is 18.3 Å². The zero-order valence-corrected chi connectivity index (χ0v) is 17.0. The number of carbonyl (C=O) groups excluding carboxylic acids is 1. The fourth-order valence-electron chi connectivity index (χ4n) is 3.31. The maximum atomic E-state index is 13.0. The molecule has 1 fully saturated rings. The average molecular weight is 420 g/mol. The van der Waals surface area contributed by atoms with Crippen LogP contribution in [0.1, 0.15) is 23.8 Å². The van der Waals surface area contributed by atoms with Gasteiger partial charge >= 0.3 is 0 Å². The Balaban J connectivity index is 1.70. The molecule has 0 saturated carbocycles. The Bertz CT molecular complexity index is 927. The van der Waals surface area contributed by atoms with Gasteiger partial charge in [-0.05, 0) is 24.6 Å². The summed E-state index contributed by atoms with van der Waals surface area (Å²) in [5, 5.41) is 12.1. The smallest absolute Gasteiger partial charge is 0.275 e. The number of benzene rings is 1. The summed E-state index contributed by atoms with van der Waals surface area (Å²) < 4.78 is 27.5. The zero-order valence-electron chi connectivity index (χ0n) is 16.2. The van der Waals surface area contributed by atoms with Crippen LogP contribution in [-0.4, -0.2) is 77.4 Å². The van der Waals surface area contributed by atoms with Crippen LogP contribution in [0.2, 0.25) is 0 Å². The lowest BCUT2D eigenvalue weighted by atomic mass is 10.2. The zero-order chi connectivity index (χ0) is 20.9. The highest BCUT2D eigenvalue weighted by Gasteiger charge is 2.30. The van der Waals surface area contributed by atoms with Crippen molar-refractivity contribution in [1.82, 2.24) is 19.2 Å². The summed E-state index contributed by atoms with van der Waals surface area (Å²) in [6, 6.07) is 6.23. The lowest BCUT2D eigenvalue weighted by Gasteiger charge is -2.37. The second-order valence-electron chi connectivity index (χ2n) is 6.76. The summed E-state index contributed by atoms with van der Waals surface area (Å²) in [5.74, 6) is -0.462. The SMILES string of the molecule is CC[C@@H](CO)N1CCN(S(=O)(=O)c2cccc(NC(=O)c3cnccn3)c2)CC1. The summed E-state index contributed by atoms with van der Waals surface area (Å²) in [6.45, 7) is 3.93. The standard InChI is InChI=1S/C19H25N5O4S/c1-2-16(14-25)23-8-10-24(11-9-23)29(27,28)17-5-3-4-15(12-17)22-19(26)18-13-20-6-7-21-18/h3-7,12-13,16,25H,2,8-11,14H2,1H3,(H,22,26)/t16-/m0/s1. The number of amides is 1. The molecular formula is C19H25N5O4S. The predicted molar refractivity (Wildman–Crippen MR) is 108 cm³/mol. The van der Waals surface area contributed by atoms with Gasteiger partial charge in [-0.15, -0.1) is 0 Å². The van der Waals surface area contributed by atoms with Gasteiger partial charge in [0.2, 0.25) is 10.0 Å². The van der Waals surface area contributed by atoms with Crippen LogP contribution in [0.25, 0.3) is 0 Å². The lowest BCUT2D eigenvalue weighted by Crippen LogP contribution is -2.52. The van der Waals surface area contributed by atoms with Crippen LogP contribution in [0.4, 0.5) is 5.69 Å². The van der Waals surface area contributed by atoms with E-state index in [0.29, 0.717) is 31.9 Å². The second kappa shape index (κ2) is 9.40. The molecule has 1 aromatic heterocycles. The van der Waals surface area contributed by atoms with Crippen LogP contribution in [-0.2, 0) is 10.0 Å². The van der Waals surface area contributed by atoms with E-state index in [1.807, 2.05) is 6.92 Å². The molecule has 9 nitrogen and oxygen atoms in total. The number of hydrogen-bond donors (Lipinski definition) is 2. The second-order valence-corrected chi connectivity index (χ2v) is 8.70. The Labute approximate surface area is 170 Å². The van der Waals surface area contributed by atoms with Crippen LogP contribution in [0.15, 0.2) is 47.8 Å². The number of rotatable bonds is 7. The van der Waals surface area contributed by atoms with Gasteiger partial charge in [-0.3, -0.25) is 14.7 Å². The van der Waals surface area contributed by atoms with E-state index >= 15 is 0 Å². The molecule has 0 radical (unpaired) electrons. The molecule has 10 heteroatoms. The van der Waals surface area contributed by atoms with Crippen molar-refractivity contribution in [1.29, 1.82) is 0 Å². The Morgan fingerprint density at radius 2 is 2.00 bits per heavy atom. The molecule has 0 bridgehead atoms. The number of aliphatic hydroxyl groups is 1. The molecule has 29 heavy (non-hydrogen) atoms. The average Bonchev–Trinajstić information content (AvgIpc) is 2.76. The summed E-state index contributed by atoms with van der Waals surface area (Å²) in [5.41, 5.74) is 0.512. The molecule has 1 aromatic carbocycles. The first-order valence-corrected chi connectivity index (χ1v) is 10.9. The predicted octanol–water partition coefficient (Wildman–Crippen LogP) is 0.806. The van der Waals surface area contributed by atoms with Crippen molar-refractivity contribution in [3.63, 3.8) is 0 Å². The lowest BCUT2D eigenvalue weighted by molar-refractivity contribution is 0.0881. The van der Waals surface area contributed by atoms with Gasteiger partial charge < -0.3 is 10.4 Å². The maximum absolute atomic E-state index is 13.0. The fraction of sp³-hybridized carbons (Fsp3) is 0.421. The van der Waals surface area contributed by atoms with Crippen LogP contribution < -0.4 is 5.32 Å². The number of piperazine rings is 1. The number of aliphatic hydroxyl groups excluding tert-OH is 1. The molecule has 1 atom stereocenters. The van der Waals surface area contributed by atoms with Gasteiger partial charge in [0.25, 0.3) is 5.91 Å². The highest BCUT2D eigenvalue weighted by molar-refractivity contribution is 7.89. The number of sulfonamides is 1. The van der Waals surface area contributed by atoms with E-state index in [4.69, 9.17) is 0 Å². The summed E-state index contributed by atoms with van der Waals surface area (Å²) in [6.07, 6.45) is 5.03. The highest BCUT2D eigenvalue weighted by Crippen LogP contribution is 2.22. The van der Waals surface area contributed by atoms with E-state index in [0.717, 1.165) is 6.42 Å². The Morgan fingerprint density at radius 1 is 1.24 bits per heavy atom. The minimum atomic E-state index is -3.68. The molecule has 2 heterocycles. The molecule has 0 aliphatic carbocycles. The third-order valence-corrected chi connectivity index (χ3v) is 6.89. The molecule has 0 spiro atoms. The molecule has 156 valence electrons. The number of nitrogens with one attached hydrogen (secondary N) is 1. The number of hydrogen-bond acceptors (Lipinski definition) is 7. The van der Waals surface area contributed by atoms with E-state index in [9.17, 15) is 18.3 Å². The van der Waals surface area contributed by atoms with Gasteiger partial charge in [-0.1, -0.05) is 13.0 Å².